The summed E-state index contributed by atoms with van der Waals surface area (Å²) >= 11 is 0. The van der Waals surface area contributed by atoms with Gasteiger partial charge in [-0.15, -0.1) is 10.2 Å². The summed E-state index contributed by atoms with van der Waals surface area (Å²) in [6, 6.07) is 13.7. The fourth-order valence-corrected chi connectivity index (χ4v) is 4.46. The Bertz CT molecular complexity index is 1400. The molecule has 5 rings (SSSR count). The predicted molar refractivity (Wildman–Crippen MR) is 124 cm³/mol. The lowest BCUT2D eigenvalue weighted by Crippen LogP contribution is -2.11. The van der Waals surface area contributed by atoms with Gasteiger partial charge in [0.2, 0.25) is 0 Å². The Balaban J connectivity index is 1.33. The zero-order chi connectivity index (χ0) is 22.8. The highest BCUT2D eigenvalue weighted by molar-refractivity contribution is 7.90. The largest absolute Gasteiger partial charge is 0.493 e. The molecular formula is C24H24N4O4S. The van der Waals surface area contributed by atoms with Gasteiger partial charge >= 0.3 is 0 Å². The third kappa shape index (κ3) is 4.68. The molecule has 0 aliphatic carbocycles. The van der Waals surface area contributed by atoms with Crippen LogP contribution < -0.4 is 9.47 Å². The van der Waals surface area contributed by atoms with Gasteiger partial charge in [0.15, 0.2) is 15.5 Å². The van der Waals surface area contributed by atoms with Crippen LogP contribution in [0.15, 0.2) is 55.0 Å². The van der Waals surface area contributed by atoms with Crippen LogP contribution in [0.2, 0.25) is 0 Å². The van der Waals surface area contributed by atoms with Gasteiger partial charge in [0.1, 0.15) is 30.3 Å². The van der Waals surface area contributed by atoms with Crippen LogP contribution in [0.25, 0.3) is 16.8 Å². The molecule has 0 saturated heterocycles. The molecule has 2 aromatic carbocycles. The van der Waals surface area contributed by atoms with E-state index in [-0.39, 0.29) is 12.4 Å². The molecule has 33 heavy (non-hydrogen) atoms. The number of sulfone groups is 1. The zero-order valence-corrected chi connectivity index (χ0v) is 19.1. The van der Waals surface area contributed by atoms with E-state index in [0.717, 1.165) is 54.2 Å². The number of hydrogen-bond donors (Lipinski definition) is 0. The summed E-state index contributed by atoms with van der Waals surface area (Å²) in [5, 5.41) is 8.44. The van der Waals surface area contributed by atoms with E-state index in [4.69, 9.17) is 14.5 Å². The van der Waals surface area contributed by atoms with Crippen molar-refractivity contribution in [2.24, 2.45) is 0 Å². The Hall–Kier alpha value is -3.46. The summed E-state index contributed by atoms with van der Waals surface area (Å²) in [7, 11) is -3.05. The van der Waals surface area contributed by atoms with Gasteiger partial charge in [-0.2, -0.15) is 0 Å². The number of nitrogens with zero attached hydrogens (tertiary/aromatic N) is 4. The summed E-state index contributed by atoms with van der Waals surface area (Å²) in [6.45, 7) is 0.871. The molecule has 170 valence electrons. The lowest BCUT2D eigenvalue weighted by atomic mass is 10.0. The van der Waals surface area contributed by atoms with E-state index in [1.54, 1.807) is 6.33 Å². The molecule has 1 aliphatic heterocycles. The Morgan fingerprint density at radius 2 is 1.97 bits per heavy atom. The summed E-state index contributed by atoms with van der Waals surface area (Å²) in [4.78, 5) is 4.72. The van der Waals surface area contributed by atoms with Gasteiger partial charge in [-0.25, -0.2) is 13.4 Å². The van der Waals surface area contributed by atoms with E-state index in [1.807, 2.05) is 47.0 Å². The summed E-state index contributed by atoms with van der Waals surface area (Å²) in [5.41, 5.74) is 5.14. The van der Waals surface area contributed by atoms with Crippen molar-refractivity contribution >= 4 is 15.5 Å². The standard InChI is InChI=1S/C24H24N4O4S/c1-33(29,30)14-13-31-19-8-5-18(6-9-19)21-15-25-23(28-16-26-27-24(21)28)10-7-17-3-2-4-22-20(17)11-12-32-22/h2-6,8-9,15-16H,7,10-14H2,1H3. The molecule has 9 heteroatoms. The molecule has 0 bridgehead atoms. The number of rotatable bonds is 8. The second-order valence-electron chi connectivity index (χ2n) is 8.11. The number of hydrogen-bond acceptors (Lipinski definition) is 7. The van der Waals surface area contributed by atoms with E-state index in [0.29, 0.717) is 5.75 Å². The molecule has 0 fully saturated rings. The van der Waals surface area contributed by atoms with Crippen molar-refractivity contribution in [3.05, 3.63) is 71.9 Å². The normalized spacial score (nSPS) is 13.1. The highest BCUT2D eigenvalue weighted by Gasteiger charge is 2.17. The van der Waals surface area contributed by atoms with Gasteiger partial charge in [0.25, 0.3) is 0 Å². The van der Waals surface area contributed by atoms with E-state index in [9.17, 15) is 8.42 Å². The first-order valence-electron chi connectivity index (χ1n) is 10.8. The smallest absolute Gasteiger partial charge is 0.171 e. The van der Waals surface area contributed by atoms with E-state index in [2.05, 4.69) is 16.3 Å². The highest BCUT2D eigenvalue weighted by atomic mass is 32.2. The number of aromatic nitrogens is 4. The van der Waals surface area contributed by atoms with Crippen LogP contribution in [-0.4, -0.2) is 53.2 Å². The van der Waals surface area contributed by atoms with Crippen molar-refractivity contribution in [2.75, 3.05) is 25.2 Å². The summed E-state index contributed by atoms with van der Waals surface area (Å²) in [6.07, 6.45) is 7.30. The van der Waals surface area contributed by atoms with E-state index in [1.165, 1.54) is 17.4 Å². The van der Waals surface area contributed by atoms with Gasteiger partial charge < -0.3 is 9.47 Å². The Morgan fingerprint density at radius 3 is 2.79 bits per heavy atom. The molecule has 0 unspecified atom stereocenters. The van der Waals surface area contributed by atoms with Crippen molar-refractivity contribution in [2.45, 2.75) is 19.3 Å². The third-order valence-corrected chi connectivity index (χ3v) is 6.66. The zero-order valence-electron chi connectivity index (χ0n) is 18.3. The minimum atomic E-state index is -3.05. The van der Waals surface area contributed by atoms with Crippen molar-refractivity contribution in [1.82, 2.24) is 19.6 Å². The predicted octanol–water partition coefficient (Wildman–Crippen LogP) is 2.93. The fraction of sp³-hybridized carbons (Fsp3) is 0.292. The topological polar surface area (TPSA) is 95.7 Å². The van der Waals surface area contributed by atoms with Crippen LogP contribution in [0, 0.1) is 0 Å². The molecule has 3 heterocycles. The van der Waals surface area contributed by atoms with Crippen LogP contribution in [0.5, 0.6) is 11.5 Å². The SMILES string of the molecule is CS(=O)(=O)CCOc1ccc(-c2cnc(CCc3cccc4c3CCO4)n3cnnc23)cc1. The van der Waals surface area contributed by atoms with Crippen molar-refractivity contribution in [3.8, 4) is 22.6 Å². The molecule has 0 spiro atoms. The minimum absolute atomic E-state index is 0.0146. The molecule has 0 N–H and O–H groups in total. The molecule has 0 atom stereocenters. The maximum Gasteiger partial charge on any atom is 0.171 e. The maximum atomic E-state index is 11.3. The van der Waals surface area contributed by atoms with Crippen molar-refractivity contribution in [1.29, 1.82) is 0 Å². The second-order valence-corrected chi connectivity index (χ2v) is 10.4. The number of ether oxygens (including phenoxy) is 2. The first-order valence-corrected chi connectivity index (χ1v) is 12.9. The molecule has 0 radical (unpaired) electrons. The van der Waals surface area contributed by atoms with Crippen LogP contribution in [0.3, 0.4) is 0 Å². The minimum Gasteiger partial charge on any atom is -0.493 e. The van der Waals surface area contributed by atoms with Crippen LogP contribution in [0.1, 0.15) is 17.0 Å². The molecule has 2 aromatic heterocycles. The monoisotopic (exact) mass is 464 g/mol. The van der Waals surface area contributed by atoms with Gasteiger partial charge in [0, 0.05) is 36.4 Å². The second kappa shape index (κ2) is 8.82. The van der Waals surface area contributed by atoms with E-state index >= 15 is 0 Å². The van der Waals surface area contributed by atoms with Crippen molar-refractivity contribution < 1.29 is 17.9 Å². The molecule has 8 nitrogen and oxygen atoms in total. The summed E-state index contributed by atoms with van der Waals surface area (Å²) < 4.78 is 35.7. The molecular weight excluding hydrogens is 440 g/mol. The molecule has 4 aromatic rings. The van der Waals surface area contributed by atoms with E-state index < -0.39 is 9.84 Å². The quantitative estimate of drug-likeness (QED) is 0.396. The number of aryl methyl sites for hydroxylation is 2. The first-order chi connectivity index (χ1) is 16.0. The number of benzene rings is 2. The highest BCUT2D eigenvalue weighted by Crippen LogP contribution is 2.29. The summed E-state index contributed by atoms with van der Waals surface area (Å²) in [5.74, 6) is 2.49. The average Bonchev–Trinajstić information content (AvgIpc) is 3.47. The third-order valence-electron chi connectivity index (χ3n) is 5.76. The first kappa shape index (κ1) is 21.4. The van der Waals surface area contributed by atoms with Crippen LogP contribution in [0.4, 0.5) is 0 Å². The van der Waals surface area contributed by atoms with Crippen LogP contribution in [-0.2, 0) is 29.1 Å². The van der Waals surface area contributed by atoms with Gasteiger partial charge in [-0.05, 0) is 35.7 Å². The van der Waals surface area contributed by atoms with Gasteiger partial charge in [-0.1, -0.05) is 24.3 Å². The Kier molecular flexibility index (Phi) is 5.72. The molecule has 1 aliphatic rings. The average molecular weight is 465 g/mol. The van der Waals surface area contributed by atoms with Crippen molar-refractivity contribution in [3.63, 3.8) is 0 Å². The molecule has 0 amide bonds. The molecule has 0 saturated carbocycles. The van der Waals surface area contributed by atoms with Gasteiger partial charge in [0.05, 0.1) is 12.4 Å². The van der Waals surface area contributed by atoms with Crippen LogP contribution >= 0.6 is 0 Å². The maximum absolute atomic E-state index is 11.3. The number of fused-ring (bicyclic) bond motifs is 2. The lowest BCUT2D eigenvalue weighted by molar-refractivity contribution is 0.341. The Labute approximate surface area is 192 Å². The van der Waals surface area contributed by atoms with Gasteiger partial charge in [-0.3, -0.25) is 4.40 Å². The lowest BCUT2D eigenvalue weighted by Gasteiger charge is -2.10. The fourth-order valence-electron chi connectivity index (χ4n) is 4.07. The Morgan fingerprint density at radius 1 is 1.12 bits per heavy atom.